The van der Waals surface area contributed by atoms with Crippen LogP contribution < -0.4 is 17.0 Å². The minimum atomic E-state index is -4.56. The molecule has 0 unspecified atom stereocenters. The fourth-order valence-corrected chi connectivity index (χ4v) is 13.1. The maximum absolute atomic E-state index is 17.0. The van der Waals surface area contributed by atoms with Crippen LogP contribution in [0, 0.1) is 0 Å². The van der Waals surface area contributed by atoms with Gasteiger partial charge in [-0.15, -0.1) is 0 Å². The van der Waals surface area contributed by atoms with Gasteiger partial charge in [-0.3, -0.25) is 33.0 Å². The normalized spacial score (nSPS) is 30.1. The summed E-state index contributed by atoms with van der Waals surface area (Å²) in [6.07, 6.45) is -8.29. The van der Waals surface area contributed by atoms with Gasteiger partial charge in [-0.25, -0.2) is 28.9 Å². The molecule has 0 aliphatic carbocycles. The summed E-state index contributed by atoms with van der Waals surface area (Å²) in [5, 5.41) is 0. The number of imidazole rings is 1. The molecule has 3 saturated heterocycles. The number of halogens is 1. The molecule has 0 saturated carbocycles. The zero-order valence-electron chi connectivity index (χ0n) is 33.7. The van der Waals surface area contributed by atoms with Gasteiger partial charge in [-0.2, -0.15) is 4.37 Å². The molecule has 0 spiro atoms. The zero-order valence-corrected chi connectivity index (χ0v) is 38.0. The van der Waals surface area contributed by atoms with Crippen LogP contribution in [-0.4, -0.2) is 126 Å². The van der Waals surface area contributed by atoms with Crippen molar-refractivity contribution in [2.45, 2.75) is 102 Å². The zero-order chi connectivity index (χ0) is 44.0. The average molecular weight is 952 g/mol. The molecule has 10 atom stereocenters. The Hall–Kier alpha value is -3.13. The number of rotatable bonds is 9. The second-order valence-electron chi connectivity index (χ2n) is 15.7. The molecular formula is C33H44FN9O13P2S3. The van der Waals surface area contributed by atoms with Crippen LogP contribution in [-0.2, 0) is 55.9 Å². The SMILES string of the molecule is CO[C@H]1[C@H]2O[P@](=O)(SCC(=O)OC(C)(C)C)OC[C@H]3O[C@@H](n4cnc5c(N)ncnc54)[C@H](F)[C@@H]3O[P@@](SCC(=O)OC(C)(C)C)OC[C@H]1O[C@H]2c1snc2c(=O)[nH]c(N)nc12. The van der Waals surface area contributed by atoms with Crippen LogP contribution >= 0.6 is 48.7 Å². The highest BCUT2D eigenvalue weighted by atomic mass is 32.7. The number of nitrogens with two attached hydrogens (primary N) is 2. The van der Waals surface area contributed by atoms with Gasteiger partial charge < -0.3 is 44.2 Å². The number of esters is 2. The summed E-state index contributed by atoms with van der Waals surface area (Å²) in [4.78, 5) is 58.1. The fraction of sp³-hybridized carbons (Fsp3) is 0.636. The van der Waals surface area contributed by atoms with Crippen molar-refractivity contribution in [1.82, 2.24) is 33.9 Å². The molecule has 7 heterocycles. The van der Waals surface area contributed by atoms with Crippen molar-refractivity contribution in [2.75, 3.05) is 43.3 Å². The Labute approximate surface area is 360 Å². The van der Waals surface area contributed by atoms with Crippen LogP contribution in [0.4, 0.5) is 16.2 Å². The lowest BCUT2D eigenvalue weighted by Crippen LogP contribution is -2.36. The second-order valence-corrected chi connectivity index (χ2v) is 23.7. The Morgan fingerprint density at radius 2 is 1.74 bits per heavy atom. The number of H-pyrrole nitrogens is 1. The van der Waals surface area contributed by atoms with E-state index in [2.05, 4.69) is 29.3 Å². The van der Waals surface area contributed by atoms with Crippen LogP contribution in [0.5, 0.6) is 0 Å². The predicted molar refractivity (Wildman–Crippen MR) is 222 cm³/mol. The molecule has 3 aliphatic rings. The first-order valence-corrected chi connectivity index (χ1v) is 25.2. The molecule has 0 aromatic carbocycles. The molecule has 2 bridgehead atoms. The van der Waals surface area contributed by atoms with Gasteiger partial charge in [-0.1, -0.05) is 11.4 Å². The molecule has 7 rings (SSSR count). The summed E-state index contributed by atoms with van der Waals surface area (Å²) in [6, 6.07) is 0. The number of alkyl halides is 1. The number of ether oxygens (including phenoxy) is 5. The van der Waals surface area contributed by atoms with E-state index >= 15 is 8.96 Å². The predicted octanol–water partition coefficient (Wildman–Crippen LogP) is 4.38. The first kappa shape index (κ1) is 45.9. The van der Waals surface area contributed by atoms with E-state index in [1.165, 1.54) is 24.3 Å². The summed E-state index contributed by atoms with van der Waals surface area (Å²) in [6.45, 7) is 4.68. The highest BCUT2D eigenvalue weighted by Crippen LogP contribution is 2.65. The third kappa shape index (κ3) is 10.5. The van der Waals surface area contributed by atoms with E-state index in [0.29, 0.717) is 11.4 Å². The fourth-order valence-electron chi connectivity index (χ4n) is 6.50. The number of nitrogens with zero attached hydrogens (tertiary/aromatic N) is 6. The van der Waals surface area contributed by atoms with Gasteiger partial charge in [0.25, 0.3) is 5.56 Å². The van der Waals surface area contributed by atoms with E-state index < -0.39 is 104 Å². The highest BCUT2D eigenvalue weighted by Gasteiger charge is 2.54. The lowest BCUT2D eigenvalue weighted by Gasteiger charge is -2.28. The molecule has 3 aliphatic heterocycles. The van der Waals surface area contributed by atoms with Crippen molar-refractivity contribution < 1.29 is 60.3 Å². The number of carbonyl (C=O) groups is 2. The summed E-state index contributed by atoms with van der Waals surface area (Å²) in [5.41, 5.74) is 10.1. The van der Waals surface area contributed by atoms with Crippen LogP contribution in [0.15, 0.2) is 17.4 Å². The van der Waals surface area contributed by atoms with Crippen LogP contribution in [0.3, 0.4) is 0 Å². The number of anilines is 2. The third-order valence-electron chi connectivity index (χ3n) is 8.82. The van der Waals surface area contributed by atoms with Crippen molar-refractivity contribution in [3.05, 3.63) is 27.9 Å². The number of aromatic amines is 1. The largest absolute Gasteiger partial charge is 0.459 e. The first-order valence-electron chi connectivity index (χ1n) is 18.5. The number of carbonyl (C=O) groups excluding carboxylic acids is 2. The Kier molecular flexibility index (Phi) is 13.7. The minimum Gasteiger partial charge on any atom is -0.459 e. The average Bonchev–Trinajstić information content (AvgIpc) is 3.93. The van der Waals surface area contributed by atoms with Gasteiger partial charge in [0.15, 0.2) is 29.4 Å². The summed E-state index contributed by atoms with van der Waals surface area (Å²) >= 11 is 2.32. The van der Waals surface area contributed by atoms with Gasteiger partial charge in [0, 0.05) is 7.11 Å². The van der Waals surface area contributed by atoms with Crippen molar-refractivity contribution in [2.24, 2.45) is 0 Å². The lowest BCUT2D eigenvalue weighted by molar-refractivity contribution is -0.152. The number of aromatic nitrogens is 7. The Morgan fingerprint density at radius 1 is 1.02 bits per heavy atom. The number of nitrogens with one attached hydrogen (secondary N) is 1. The molecule has 0 amide bonds. The van der Waals surface area contributed by atoms with Crippen molar-refractivity contribution in [3.63, 3.8) is 0 Å². The molecular weight excluding hydrogens is 908 g/mol. The monoisotopic (exact) mass is 951 g/mol. The lowest BCUT2D eigenvalue weighted by atomic mass is 10.1. The minimum absolute atomic E-state index is 0.0339. The molecule has 22 nitrogen and oxygen atoms in total. The first-order chi connectivity index (χ1) is 28.7. The third-order valence-corrected chi connectivity index (χ3v) is 16.2. The Balaban J connectivity index is 1.27. The van der Waals surface area contributed by atoms with Crippen molar-refractivity contribution >= 4 is 94.6 Å². The van der Waals surface area contributed by atoms with E-state index in [0.717, 1.165) is 22.9 Å². The molecule has 4 aromatic rings. The van der Waals surface area contributed by atoms with Gasteiger partial charge in [-0.05, 0) is 64.5 Å². The van der Waals surface area contributed by atoms with Crippen molar-refractivity contribution in [3.8, 4) is 0 Å². The van der Waals surface area contributed by atoms with Crippen molar-refractivity contribution in [1.29, 1.82) is 0 Å². The van der Waals surface area contributed by atoms with E-state index in [9.17, 15) is 14.4 Å². The van der Waals surface area contributed by atoms with E-state index in [-0.39, 0.29) is 51.2 Å². The summed E-state index contributed by atoms with van der Waals surface area (Å²) in [7, 11) is -0.870. The summed E-state index contributed by atoms with van der Waals surface area (Å²) in [5.74, 6) is -2.20. The van der Waals surface area contributed by atoms with E-state index in [1.54, 1.807) is 41.5 Å². The quantitative estimate of drug-likeness (QED) is 0.155. The number of fused-ring (bicyclic) bond motifs is 5. The van der Waals surface area contributed by atoms with E-state index in [4.69, 9.17) is 53.2 Å². The highest BCUT2D eigenvalue weighted by molar-refractivity contribution is 8.55. The van der Waals surface area contributed by atoms with Crippen LogP contribution in [0.25, 0.3) is 22.2 Å². The van der Waals surface area contributed by atoms with Crippen LogP contribution in [0.1, 0.15) is 58.8 Å². The molecule has 61 heavy (non-hydrogen) atoms. The molecule has 4 aromatic heterocycles. The molecule has 334 valence electrons. The number of nitrogen functional groups attached to an aromatic ring is 2. The number of hydrogen-bond acceptors (Lipinski definition) is 23. The summed E-state index contributed by atoms with van der Waals surface area (Å²) < 4.78 is 92.4. The maximum Gasteiger partial charge on any atom is 0.390 e. The molecule has 3 fully saturated rings. The van der Waals surface area contributed by atoms with E-state index in [1.807, 2.05) is 0 Å². The smallest absolute Gasteiger partial charge is 0.390 e. The van der Waals surface area contributed by atoms with Gasteiger partial charge in [0.1, 0.15) is 70.9 Å². The molecule has 28 heteroatoms. The number of hydrogen-bond donors (Lipinski definition) is 3. The Bertz CT molecular complexity index is 2370. The van der Waals surface area contributed by atoms with Gasteiger partial charge in [0.05, 0.1) is 30.2 Å². The second kappa shape index (κ2) is 18.2. The Morgan fingerprint density at radius 3 is 2.44 bits per heavy atom. The van der Waals surface area contributed by atoms with Gasteiger partial charge in [0.2, 0.25) is 13.5 Å². The number of methoxy groups -OCH3 is 1. The maximum atomic E-state index is 17.0. The standard InChI is InChI=1S/C33H44FN9O13P2S3/c1-32(2,3)53-16(44)10-59-57-49-8-14-23(48-7)24(25(51-14)26-19-20(42-61-26)29(46)41-31(36)40-19)56-58(47,60-11-17(45)54-33(4,5)6)50-9-15-22(55-57)18(34)30(52-15)43-13-39-21-27(35)37-12-38-28(21)43/h12-15,18,22-25,30H,8-11H2,1-7H3,(H2,35,37,38)(H3,36,40,41,46)/t14-,15-,18-,22-,23-,24-,25-,30-,57+,58-/m1/s1. The van der Waals surface area contributed by atoms with Gasteiger partial charge >= 0.3 is 18.7 Å². The molecule has 5 N–H and O–H groups in total. The topological polar surface area (TPSA) is 289 Å². The molecule has 0 radical (unpaired) electrons. The van der Waals surface area contributed by atoms with Crippen LogP contribution in [0.2, 0.25) is 0 Å².